The molecule has 1 heterocycles. The SMILES string of the molecule is CC1NC(=O)C(c2ccccc2)N(CCC(F)(F)F)C1=O. The fraction of sp³-hybridized carbons (Fsp3) is 0.429. The van der Waals surface area contributed by atoms with Gasteiger partial charge in [-0.15, -0.1) is 0 Å². The van der Waals surface area contributed by atoms with Gasteiger partial charge in [0.15, 0.2) is 0 Å². The molecule has 114 valence electrons. The van der Waals surface area contributed by atoms with Gasteiger partial charge in [-0.05, 0) is 12.5 Å². The van der Waals surface area contributed by atoms with Crippen molar-refractivity contribution >= 4 is 11.8 Å². The first kappa shape index (κ1) is 15.3. The molecule has 0 aliphatic carbocycles. The summed E-state index contributed by atoms with van der Waals surface area (Å²) >= 11 is 0. The zero-order chi connectivity index (χ0) is 15.6. The van der Waals surface area contributed by atoms with Crippen molar-refractivity contribution in [2.75, 3.05) is 6.54 Å². The highest BCUT2D eigenvalue weighted by molar-refractivity contribution is 5.97. The summed E-state index contributed by atoms with van der Waals surface area (Å²) in [5, 5.41) is 2.49. The van der Waals surface area contributed by atoms with E-state index in [0.29, 0.717) is 5.56 Å². The molecule has 0 radical (unpaired) electrons. The molecule has 21 heavy (non-hydrogen) atoms. The Balaban J connectivity index is 2.29. The predicted molar refractivity (Wildman–Crippen MR) is 69.2 cm³/mol. The van der Waals surface area contributed by atoms with Crippen molar-refractivity contribution in [2.45, 2.75) is 31.6 Å². The lowest BCUT2D eigenvalue weighted by molar-refractivity contribution is -0.158. The van der Waals surface area contributed by atoms with E-state index in [1.807, 2.05) is 0 Å². The van der Waals surface area contributed by atoms with Crippen LogP contribution in [0.5, 0.6) is 0 Å². The number of benzene rings is 1. The van der Waals surface area contributed by atoms with Crippen molar-refractivity contribution in [3.05, 3.63) is 35.9 Å². The van der Waals surface area contributed by atoms with E-state index in [4.69, 9.17) is 0 Å². The van der Waals surface area contributed by atoms with Gasteiger partial charge in [-0.3, -0.25) is 9.59 Å². The topological polar surface area (TPSA) is 49.4 Å². The van der Waals surface area contributed by atoms with Gasteiger partial charge in [0, 0.05) is 6.54 Å². The Labute approximate surface area is 119 Å². The summed E-state index contributed by atoms with van der Waals surface area (Å²) in [5.74, 6) is -0.969. The molecule has 1 aromatic carbocycles. The van der Waals surface area contributed by atoms with E-state index in [0.717, 1.165) is 4.90 Å². The van der Waals surface area contributed by atoms with Crippen molar-refractivity contribution in [3.63, 3.8) is 0 Å². The molecule has 1 N–H and O–H groups in total. The first-order valence-corrected chi connectivity index (χ1v) is 6.52. The number of piperazine rings is 1. The third-order valence-electron chi connectivity index (χ3n) is 3.32. The minimum absolute atomic E-state index is 0.463. The standard InChI is InChI=1S/C14H15F3N2O2/c1-9-13(21)19(8-7-14(15,16)17)11(12(20)18-9)10-5-3-2-4-6-10/h2-6,9,11H,7-8H2,1H3,(H,18,20). The molecule has 2 atom stereocenters. The van der Waals surface area contributed by atoms with Crippen LogP contribution in [0.2, 0.25) is 0 Å². The highest BCUT2D eigenvalue weighted by Crippen LogP contribution is 2.28. The van der Waals surface area contributed by atoms with Crippen LogP contribution in [0.1, 0.15) is 24.9 Å². The molecular weight excluding hydrogens is 285 g/mol. The van der Waals surface area contributed by atoms with Crippen LogP contribution in [0.15, 0.2) is 30.3 Å². The molecule has 2 unspecified atom stereocenters. The Morgan fingerprint density at radius 3 is 2.38 bits per heavy atom. The lowest BCUT2D eigenvalue weighted by Gasteiger charge is -2.38. The first-order chi connectivity index (χ1) is 9.79. The molecule has 0 saturated carbocycles. The predicted octanol–water partition coefficient (Wildman–Crippen LogP) is 2.03. The van der Waals surface area contributed by atoms with Crippen LogP contribution in [0, 0.1) is 0 Å². The number of carbonyl (C=O) groups excluding carboxylic acids is 2. The van der Waals surface area contributed by atoms with E-state index >= 15 is 0 Å². The average Bonchev–Trinajstić information content (AvgIpc) is 2.41. The summed E-state index contributed by atoms with van der Waals surface area (Å²) in [4.78, 5) is 25.2. The number of hydrogen-bond donors (Lipinski definition) is 1. The molecule has 4 nitrogen and oxygen atoms in total. The van der Waals surface area contributed by atoms with Crippen molar-refractivity contribution < 1.29 is 22.8 Å². The molecule has 1 aliphatic rings. The summed E-state index contributed by atoms with van der Waals surface area (Å²) in [7, 11) is 0. The molecule has 0 bridgehead atoms. The van der Waals surface area contributed by atoms with E-state index in [2.05, 4.69) is 5.32 Å². The Bertz CT molecular complexity index is 531. The van der Waals surface area contributed by atoms with E-state index in [-0.39, 0.29) is 0 Å². The van der Waals surface area contributed by atoms with Crippen LogP contribution < -0.4 is 5.32 Å². The monoisotopic (exact) mass is 300 g/mol. The zero-order valence-electron chi connectivity index (χ0n) is 11.4. The second-order valence-electron chi connectivity index (χ2n) is 4.94. The molecule has 1 fully saturated rings. The van der Waals surface area contributed by atoms with Crippen LogP contribution in [-0.2, 0) is 9.59 Å². The van der Waals surface area contributed by atoms with Gasteiger partial charge in [-0.1, -0.05) is 30.3 Å². The van der Waals surface area contributed by atoms with Gasteiger partial charge >= 0.3 is 6.18 Å². The summed E-state index contributed by atoms with van der Waals surface area (Å²) in [5.41, 5.74) is 0.498. The summed E-state index contributed by atoms with van der Waals surface area (Å²) in [6.07, 6.45) is -5.51. The largest absolute Gasteiger partial charge is 0.390 e. The number of amides is 2. The highest BCUT2D eigenvalue weighted by Gasteiger charge is 2.41. The molecule has 1 aliphatic heterocycles. The molecule has 2 rings (SSSR count). The highest BCUT2D eigenvalue weighted by atomic mass is 19.4. The van der Waals surface area contributed by atoms with Gasteiger partial charge in [0.05, 0.1) is 6.42 Å². The van der Waals surface area contributed by atoms with Gasteiger partial charge in [-0.25, -0.2) is 0 Å². The molecule has 7 heteroatoms. The normalized spacial score (nSPS) is 23.1. The van der Waals surface area contributed by atoms with Gasteiger partial charge in [0.2, 0.25) is 11.8 Å². The number of rotatable bonds is 3. The molecule has 2 amide bonds. The van der Waals surface area contributed by atoms with Crippen molar-refractivity contribution in [3.8, 4) is 0 Å². The number of halogens is 3. The quantitative estimate of drug-likeness (QED) is 0.928. The van der Waals surface area contributed by atoms with Crippen LogP contribution in [0.25, 0.3) is 0 Å². The molecule has 0 spiro atoms. The average molecular weight is 300 g/mol. The van der Waals surface area contributed by atoms with E-state index in [9.17, 15) is 22.8 Å². The van der Waals surface area contributed by atoms with Gasteiger partial charge in [-0.2, -0.15) is 13.2 Å². The number of hydrogen-bond acceptors (Lipinski definition) is 2. The maximum Gasteiger partial charge on any atom is 0.390 e. The van der Waals surface area contributed by atoms with Crippen LogP contribution >= 0.6 is 0 Å². The van der Waals surface area contributed by atoms with Gasteiger partial charge in [0.25, 0.3) is 0 Å². The maximum atomic E-state index is 12.4. The Hall–Kier alpha value is -2.05. The molecule has 1 aromatic rings. The van der Waals surface area contributed by atoms with Crippen LogP contribution in [0.3, 0.4) is 0 Å². The summed E-state index contributed by atoms with van der Waals surface area (Å²) < 4.78 is 37.3. The fourth-order valence-electron chi connectivity index (χ4n) is 2.32. The number of nitrogens with zero attached hydrogens (tertiary/aromatic N) is 1. The van der Waals surface area contributed by atoms with E-state index in [1.165, 1.54) is 6.92 Å². The summed E-state index contributed by atoms with van der Waals surface area (Å²) in [6, 6.07) is 6.49. The maximum absolute atomic E-state index is 12.4. The molecule has 0 aromatic heterocycles. The van der Waals surface area contributed by atoms with Crippen LogP contribution in [0.4, 0.5) is 13.2 Å². The number of alkyl halides is 3. The third-order valence-corrected chi connectivity index (χ3v) is 3.32. The summed E-state index contributed by atoms with van der Waals surface area (Å²) in [6.45, 7) is 0.932. The Morgan fingerprint density at radius 1 is 1.19 bits per heavy atom. The Morgan fingerprint density at radius 2 is 1.81 bits per heavy atom. The van der Waals surface area contributed by atoms with Crippen LogP contribution in [-0.4, -0.2) is 35.5 Å². The number of nitrogens with one attached hydrogen (secondary N) is 1. The molecular formula is C14H15F3N2O2. The first-order valence-electron chi connectivity index (χ1n) is 6.52. The van der Waals surface area contributed by atoms with Crippen molar-refractivity contribution in [1.82, 2.24) is 10.2 Å². The lowest BCUT2D eigenvalue weighted by atomic mass is 10.00. The van der Waals surface area contributed by atoms with Crippen molar-refractivity contribution in [1.29, 1.82) is 0 Å². The Kier molecular flexibility index (Phi) is 4.20. The molecule has 1 saturated heterocycles. The van der Waals surface area contributed by atoms with Crippen molar-refractivity contribution in [2.24, 2.45) is 0 Å². The van der Waals surface area contributed by atoms with E-state index < -0.39 is 43.0 Å². The second kappa shape index (κ2) is 5.75. The smallest absolute Gasteiger partial charge is 0.342 e. The minimum Gasteiger partial charge on any atom is -0.342 e. The van der Waals surface area contributed by atoms with Gasteiger partial charge < -0.3 is 10.2 Å². The minimum atomic E-state index is -4.38. The zero-order valence-corrected chi connectivity index (χ0v) is 11.4. The second-order valence-corrected chi connectivity index (χ2v) is 4.94. The third kappa shape index (κ3) is 3.53. The fourth-order valence-corrected chi connectivity index (χ4v) is 2.32. The van der Waals surface area contributed by atoms with Gasteiger partial charge in [0.1, 0.15) is 12.1 Å². The lowest BCUT2D eigenvalue weighted by Crippen LogP contribution is -2.58. The number of carbonyl (C=O) groups is 2. The van der Waals surface area contributed by atoms with E-state index in [1.54, 1.807) is 30.3 Å².